The largest absolute Gasteiger partial charge is 0.497 e. The third kappa shape index (κ3) is 2.41. The SMILES string of the molecule is COc1ccc2[nH]c3c(c2c1)CCN1C(=O)N(c2ccc(F)c([N+](=O)[O-])c2)C(=O)[C@]31C. The molecule has 3 heterocycles. The number of benzene rings is 2. The van der Waals surface area contributed by atoms with Crippen molar-refractivity contribution in [2.45, 2.75) is 18.9 Å². The Labute approximate surface area is 175 Å². The first-order valence-electron chi connectivity index (χ1n) is 9.56. The van der Waals surface area contributed by atoms with Gasteiger partial charge in [-0.3, -0.25) is 14.9 Å². The van der Waals surface area contributed by atoms with E-state index in [1.165, 1.54) is 11.0 Å². The Kier molecular flexibility index (Phi) is 3.85. The molecule has 0 spiro atoms. The molecule has 0 saturated carbocycles. The molecule has 2 aliphatic heterocycles. The summed E-state index contributed by atoms with van der Waals surface area (Å²) in [6.07, 6.45) is 0.522. The fourth-order valence-electron chi connectivity index (χ4n) is 4.55. The number of hydrogen-bond donors (Lipinski definition) is 1. The van der Waals surface area contributed by atoms with Crippen LogP contribution in [0.15, 0.2) is 36.4 Å². The first-order chi connectivity index (χ1) is 14.8. The van der Waals surface area contributed by atoms with Crippen LogP contribution in [0.2, 0.25) is 0 Å². The standard InChI is InChI=1S/C21H17FN4O5/c1-21-18-13(14-10-12(31-2)4-6-16(14)23-18)7-8-24(21)20(28)25(19(21)27)11-3-5-15(22)17(9-11)26(29)30/h3-6,9-10,23H,7-8H2,1-2H3/t21-/m0/s1. The maximum Gasteiger partial charge on any atom is 0.332 e. The number of nitro groups is 1. The summed E-state index contributed by atoms with van der Waals surface area (Å²) in [5, 5.41) is 12.0. The maximum absolute atomic E-state index is 13.8. The number of H-pyrrole nitrogens is 1. The number of methoxy groups -OCH3 is 1. The van der Waals surface area contributed by atoms with Crippen molar-refractivity contribution in [1.29, 1.82) is 0 Å². The van der Waals surface area contributed by atoms with Crippen LogP contribution in [0, 0.1) is 15.9 Å². The maximum atomic E-state index is 13.8. The highest BCUT2D eigenvalue weighted by Gasteiger charge is 2.59. The molecule has 31 heavy (non-hydrogen) atoms. The number of rotatable bonds is 3. The molecule has 9 nitrogen and oxygen atoms in total. The number of urea groups is 1. The van der Waals surface area contributed by atoms with E-state index in [1.807, 2.05) is 12.1 Å². The second kappa shape index (κ2) is 6.27. The zero-order chi connectivity index (χ0) is 22.1. The molecule has 0 bridgehead atoms. The van der Waals surface area contributed by atoms with Crippen molar-refractivity contribution in [3.63, 3.8) is 0 Å². The van der Waals surface area contributed by atoms with Gasteiger partial charge in [-0.15, -0.1) is 0 Å². The second-order valence-electron chi connectivity index (χ2n) is 7.68. The van der Waals surface area contributed by atoms with Crippen LogP contribution in [-0.4, -0.2) is 40.4 Å². The number of halogens is 1. The number of imide groups is 1. The number of nitro benzene ring substituents is 1. The van der Waals surface area contributed by atoms with Crippen molar-refractivity contribution in [3.8, 4) is 5.75 Å². The van der Waals surface area contributed by atoms with E-state index in [0.717, 1.165) is 33.5 Å². The van der Waals surface area contributed by atoms with Crippen molar-refractivity contribution in [2.75, 3.05) is 18.6 Å². The van der Waals surface area contributed by atoms with Gasteiger partial charge in [0.2, 0.25) is 5.82 Å². The predicted octanol–water partition coefficient (Wildman–Crippen LogP) is 3.46. The number of nitrogens with one attached hydrogen (secondary N) is 1. The van der Waals surface area contributed by atoms with Gasteiger partial charge in [-0.1, -0.05) is 0 Å². The number of carbonyl (C=O) groups excluding carboxylic acids is 2. The fraction of sp³-hybridized carbons (Fsp3) is 0.238. The zero-order valence-electron chi connectivity index (χ0n) is 16.6. The average molecular weight is 424 g/mol. The van der Waals surface area contributed by atoms with Gasteiger partial charge in [0, 0.05) is 23.5 Å². The Bertz CT molecular complexity index is 1300. The van der Waals surface area contributed by atoms with Crippen molar-refractivity contribution in [3.05, 3.63) is 63.6 Å². The molecule has 3 amide bonds. The van der Waals surface area contributed by atoms with Crippen molar-refractivity contribution < 1.29 is 23.6 Å². The number of anilines is 1. The first kappa shape index (κ1) is 19.0. The highest BCUT2D eigenvalue weighted by molar-refractivity contribution is 6.23. The van der Waals surface area contributed by atoms with Crippen LogP contribution in [0.5, 0.6) is 5.75 Å². The quantitative estimate of drug-likeness (QED) is 0.393. The second-order valence-corrected chi connectivity index (χ2v) is 7.68. The molecular weight excluding hydrogens is 407 g/mol. The summed E-state index contributed by atoms with van der Waals surface area (Å²) in [4.78, 5) is 42.6. The third-order valence-corrected chi connectivity index (χ3v) is 6.15. The van der Waals surface area contributed by atoms with E-state index < -0.39 is 33.9 Å². The molecule has 5 rings (SSSR count). The molecule has 0 unspecified atom stereocenters. The lowest BCUT2D eigenvalue weighted by Crippen LogP contribution is -2.49. The Balaban J connectivity index is 1.66. The van der Waals surface area contributed by atoms with Crippen molar-refractivity contribution in [1.82, 2.24) is 9.88 Å². The highest BCUT2D eigenvalue weighted by Crippen LogP contribution is 2.46. The van der Waals surface area contributed by atoms with Gasteiger partial charge in [0.05, 0.1) is 23.4 Å². The Morgan fingerprint density at radius 3 is 2.71 bits per heavy atom. The summed E-state index contributed by atoms with van der Waals surface area (Å²) in [6, 6.07) is 7.91. The van der Waals surface area contributed by atoms with Gasteiger partial charge in [0.1, 0.15) is 5.75 Å². The summed E-state index contributed by atoms with van der Waals surface area (Å²) < 4.78 is 19.1. The molecule has 1 aromatic heterocycles. The first-order valence-corrected chi connectivity index (χ1v) is 9.56. The lowest BCUT2D eigenvalue weighted by atomic mass is 9.87. The number of fused-ring (bicyclic) bond motifs is 5. The third-order valence-electron chi connectivity index (χ3n) is 6.15. The normalized spacial score (nSPS) is 20.2. The molecule has 2 aliphatic rings. The summed E-state index contributed by atoms with van der Waals surface area (Å²) in [6.45, 7) is 1.94. The molecule has 10 heteroatoms. The van der Waals surface area contributed by atoms with Crippen molar-refractivity contribution >= 4 is 34.2 Å². The minimum absolute atomic E-state index is 0.0435. The monoisotopic (exact) mass is 424 g/mol. The van der Waals surface area contributed by atoms with Crippen LogP contribution in [0.4, 0.5) is 20.6 Å². The van der Waals surface area contributed by atoms with Crippen LogP contribution in [0.25, 0.3) is 10.9 Å². The summed E-state index contributed by atoms with van der Waals surface area (Å²) in [5.74, 6) is -0.919. The number of hydrogen-bond acceptors (Lipinski definition) is 5. The number of amides is 3. The van der Waals surface area contributed by atoms with Crippen LogP contribution < -0.4 is 9.64 Å². The fourth-order valence-corrected chi connectivity index (χ4v) is 4.55. The number of carbonyl (C=O) groups is 2. The van der Waals surface area contributed by atoms with Crippen LogP contribution in [0.3, 0.4) is 0 Å². The van der Waals surface area contributed by atoms with E-state index in [9.17, 15) is 24.1 Å². The number of aromatic amines is 1. The van der Waals surface area contributed by atoms with Crippen LogP contribution >= 0.6 is 0 Å². The summed E-state index contributed by atoms with van der Waals surface area (Å²) in [7, 11) is 1.57. The molecule has 1 atom stereocenters. The minimum atomic E-state index is -1.32. The van der Waals surface area contributed by atoms with E-state index in [4.69, 9.17) is 4.74 Å². The van der Waals surface area contributed by atoms with Crippen LogP contribution in [0.1, 0.15) is 18.2 Å². The molecule has 2 aromatic carbocycles. The Hall–Kier alpha value is -3.95. The number of nitrogens with zero attached hydrogens (tertiary/aromatic N) is 3. The van der Waals surface area contributed by atoms with Gasteiger partial charge in [0.15, 0.2) is 5.54 Å². The van der Waals surface area contributed by atoms with Gasteiger partial charge in [0.25, 0.3) is 5.91 Å². The van der Waals surface area contributed by atoms with Gasteiger partial charge in [-0.05, 0) is 49.2 Å². The van der Waals surface area contributed by atoms with E-state index in [2.05, 4.69) is 4.98 Å². The van der Waals surface area contributed by atoms with Gasteiger partial charge in [-0.25, -0.2) is 9.69 Å². The molecule has 158 valence electrons. The highest BCUT2D eigenvalue weighted by atomic mass is 19.1. The molecule has 3 aromatic rings. The van der Waals surface area contributed by atoms with Gasteiger partial charge < -0.3 is 14.6 Å². The van der Waals surface area contributed by atoms with Gasteiger partial charge >= 0.3 is 11.7 Å². The lowest BCUT2D eigenvalue weighted by molar-refractivity contribution is -0.387. The Morgan fingerprint density at radius 2 is 2.00 bits per heavy atom. The van der Waals surface area contributed by atoms with E-state index in [0.29, 0.717) is 17.9 Å². The molecule has 1 saturated heterocycles. The van der Waals surface area contributed by atoms with E-state index in [1.54, 1.807) is 20.1 Å². The Morgan fingerprint density at radius 1 is 1.23 bits per heavy atom. The van der Waals surface area contributed by atoms with E-state index >= 15 is 0 Å². The molecule has 0 radical (unpaired) electrons. The van der Waals surface area contributed by atoms with Crippen LogP contribution in [-0.2, 0) is 16.8 Å². The van der Waals surface area contributed by atoms with Crippen molar-refractivity contribution in [2.24, 2.45) is 0 Å². The molecular formula is C21H17FN4O5. The van der Waals surface area contributed by atoms with Gasteiger partial charge in [-0.2, -0.15) is 4.39 Å². The molecule has 1 N–H and O–H groups in total. The summed E-state index contributed by atoms with van der Waals surface area (Å²) >= 11 is 0. The lowest BCUT2D eigenvalue weighted by Gasteiger charge is -2.35. The summed E-state index contributed by atoms with van der Waals surface area (Å²) in [5.41, 5.74) is 0.162. The van der Waals surface area contributed by atoms with E-state index in [-0.39, 0.29) is 12.2 Å². The minimum Gasteiger partial charge on any atom is -0.497 e. The topological polar surface area (TPSA) is 109 Å². The molecule has 0 aliphatic carbocycles. The zero-order valence-corrected chi connectivity index (χ0v) is 16.6. The average Bonchev–Trinajstić information content (AvgIpc) is 3.22. The smallest absolute Gasteiger partial charge is 0.332 e. The predicted molar refractivity (Wildman–Crippen MR) is 109 cm³/mol. The number of ether oxygens (including phenoxy) is 1. The molecule has 1 fully saturated rings. The number of aromatic nitrogens is 1.